The monoisotopic (exact) mass is 316 g/mol. The molecule has 0 bridgehead atoms. The summed E-state index contributed by atoms with van der Waals surface area (Å²) in [5, 5.41) is 5.09. The van der Waals surface area contributed by atoms with Crippen LogP contribution in [-0.4, -0.2) is 9.78 Å². The van der Waals surface area contributed by atoms with Gasteiger partial charge >= 0.3 is 0 Å². The molecule has 2 aromatic rings. The smallest absolute Gasteiger partial charge is 0.145 e. The summed E-state index contributed by atoms with van der Waals surface area (Å²) >= 11 is 11.9. The van der Waals surface area contributed by atoms with Crippen LogP contribution in [-0.2, 0) is 19.6 Å². The standard InChI is InChI=1S/C14H15Cl2FN2O/c1-3-12-14(16)13(19(4-2)18-12)8-20-9-5-6-10(15)11(17)7-9/h5-7H,3-4,8H2,1-2H3. The average Bonchev–Trinajstić information content (AvgIpc) is 2.76. The first-order valence-electron chi connectivity index (χ1n) is 6.38. The van der Waals surface area contributed by atoms with Crippen LogP contribution in [0, 0.1) is 5.82 Å². The maximum Gasteiger partial charge on any atom is 0.145 e. The van der Waals surface area contributed by atoms with Gasteiger partial charge in [-0.2, -0.15) is 5.10 Å². The van der Waals surface area contributed by atoms with E-state index < -0.39 is 5.82 Å². The second-order valence-electron chi connectivity index (χ2n) is 4.24. The van der Waals surface area contributed by atoms with E-state index in [1.54, 1.807) is 10.7 Å². The van der Waals surface area contributed by atoms with E-state index in [9.17, 15) is 4.39 Å². The molecule has 2 rings (SSSR count). The molecule has 0 aliphatic carbocycles. The van der Waals surface area contributed by atoms with Gasteiger partial charge in [0.15, 0.2) is 0 Å². The maximum absolute atomic E-state index is 13.3. The van der Waals surface area contributed by atoms with Crippen molar-refractivity contribution in [2.24, 2.45) is 0 Å². The van der Waals surface area contributed by atoms with Gasteiger partial charge in [-0.3, -0.25) is 4.68 Å². The Morgan fingerprint density at radius 3 is 2.65 bits per heavy atom. The molecular weight excluding hydrogens is 302 g/mol. The lowest BCUT2D eigenvalue weighted by atomic mass is 10.3. The Balaban J connectivity index is 2.17. The number of aryl methyl sites for hydroxylation is 2. The summed E-state index contributed by atoms with van der Waals surface area (Å²) in [7, 11) is 0. The fourth-order valence-electron chi connectivity index (χ4n) is 1.87. The Bertz CT molecular complexity index is 613. The number of benzene rings is 1. The minimum Gasteiger partial charge on any atom is -0.487 e. The van der Waals surface area contributed by atoms with Crippen molar-refractivity contribution >= 4 is 23.2 Å². The van der Waals surface area contributed by atoms with E-state index >= 15 is 0 Å². The van der Waals surface area contributed by atoms with E-state index in [1.165, 1.54) is 12.1 Å². The highest BCUT2D eigenvalue weighted by Crippen LogP contribution is 2.25. The van der Waals surface area contributed by atoms with Gasteiger partial charge < -0.3 is 4.74 Å². The normalized spacial score (nSPS) is 10.8. The van der Waals surface area contributed by atoms with Crippen LogP contribution in [0.25, 0.3) is 0 Å². The van der Waals surface area contributed by atoms with Crippen LogP contribution in [0.4, 0.5) is 4.39 Å². The average molecular weight is 317 g/mol. The summed E-state index contributed by atoms with van der Waals surface area (Å²) in [6, 6.07) is 4.33. The van der Waals surface area contributed by atoms with Crippen LogP contribution in [0.1, 0.15) is 25.2 Å². The SMILES string of the molecule is CCc1nn(CC)c(COc2ccc(Cl)c(F)c2)c1Cl. The van der Waals surface area contributed by atoms with E-state index in [2.05, 4.69) is 5.10 Å². The van der Waals surface area contributed by atoms with Crippen LogP contribution in [0.15, 0.2) is 18.2 Å². The van der Waals surface area contributed by atoms with Crippen LogP contribution in [0.3, 0.4) is 0 Å². The molecule has 0 aliphatic heterocycles. The van der Waals surface area contributed by atoms with Gasteiger partial charge in [0.2, 0.25) is 0 Å². The first-order chi connectivity index (χ1) is 9.56. The molecule has 0 aliphatic rings. The van der Waals surface area contributed by atoms with Crippen molar-refractivity contribution in [3.8, 4) is 5.75 Å². The van der Waals surface area contributed by atoms with Crippen LogP contribution in [0.5, 0.6) is 5.75 Å². The molecule has 0 amide bonds. The van der Waals surface area contributed by atoms with Crippen LogP contribution < -0.4 is 4.74 Å². The Kier molecular flexibility index (Phi) is 4.89. The maximum atomic E-state index is 13.3. The van der Waals surface area contributed by atoms with Crippen molar-refractivity contribution in [3.05, 3.63) is 45.4 Å². The van der Waals surface area contributed by atoms with Crippen LogP contribution in [0.2, 0.25) is 10.0 Å². The summed E-state index contributed by atoms with van der Waals surface area (Å²) in [4.78, 5) is 0. The van der Waals surface area contributed by atoms with Gasteiger partial charge in [-0.1, -0.05) is 30.1 Å². The number of halogens is 3. The summed E-state index contributed by atoms with van der Waals surface area (Å²) in [5.41, 5.74) is 1.63. The van der Waals surface area contributed by atoms with Gasteiger partial charge in [0.05, 0.1) is 21.4 Å². The van der Waals surface area contributed by atoms with E-state index in [0.29, 0.717) is 17.3 Å². The van der Waals surface area contributed by atoms with Crippen LogP contribution >= 0.6 is 23.2 Å². The zero-order valence-corrected chi connectivity index (χ0v) is 12.8. The van der Waals surface area contributed by atoms with E-state index in [-0.39, 0.29) is 11.6 Å². The molecule has 0 saturated heterocycles. The first-order valence-corrected chi connectivity index (χ1v) is 7.14. The lowest BCUT2D eigenvalue weighted by Crippen LogP contribution is -2.06. The molecule has 108 valence electrons. The first kappa shape index (κ1) is 15.1. The molecular formula is C14H15Cl2FN2O. The quantitative estimate of drug-likeness (QED) is 0.812. The number of hydrogen-bond donors (Lipinski definition) is 0. The summed E-state index contributed by atoms with van der Waals surface area (Å²) in [6.45, 7) is 4.91. The van der Waals surface area contributed by atoms with Crippen molar-refractivity contribution in [1.82, 2.24) is 9.78 Å². The molecule has 3 nitrogen and oxygen atoms in total. The predicted molar refractivity (Wildman–Crippen MR) is 78.0 cm³/mol. The molecule has 1 heterocycles. The summed E-state index contributed by atoms with van der Waals surface area (Å²) in [5.74, 6) is -0.0987. The van der Waals surface area contributed by atoms with Crippen molar-refractivity contribution in [1.29, 1.82) is 0 Å². The number of aromatic nitrogens is 2. The third-order valence-electron chi connectivity index (χ3n) is 2.96. The Morgan fingerprint density at radius 2 is 2.05 bits per heavy atom. The molecule has 0 radical (unpaired) electrons. The van der Waals surface area contributed by atoms with Gasteiger partial charge in [-0.15, -0.1) is 0 Å². The molecule has 0 N–H and O–H groups in total. The minimum atomic E-state index is -0.506. The van der Waals surface area contributed by atoms with Gasteiger partial charge in [0.1, 0.15) is 18.2 Å². The Labute approximate surface area is 127 Å². The van der Waals surface area contributed by atoms with Gasteiger partial charge in [-0.05, 0) is 25.5 Å². The van der Waals surface area contributed by atoms with E-state index in [0.717, 1.165) is 17.8 Å². The summed E-state index contributed by atoms with van der Waals surface area (Å²) in [6.07, 6.45) is 0.758. The number of ether oxygens (including phenoxy) is 1. The molecule has 20 heavy (non-hydrogen) atoms. The lowest BCUT2D eigenvalue weighted by molar-refractivity contribution is 0.291. The fraction of sp³-hybridized carbons (Fsp3) is 0.357. The van der Waals surface area contributed by atoms with Crippen molar-refractivity contribution in [2.45, 2.75) is 33.4 Å². The molecule has 0 saturated carbocycles. The Hall–Kier alpha value is -1.26. The molecule has 1 aromatic heterocycles. The highest BCUT2D eigenvalue weighted by atomic mass is 35.5. The number of nitrogens with zero attached hydrogens (tertiary/aromatic N) is 2. The second-order valence-corrected chi connectivity index (χ2v) is 5.03. The van der Waals surface area contributed by atoms with Gasteiger partial charge in [-0.25, -0.2) is 4.39 Å². The van der Waals surface area contributed by atoms with E-state index in [4.69, 9.17) is 27.9 Å². The third-order valence-corrected chi connectivity index (χ3v) is 3.70. The second kappa shape index (κ2) is 6.46. The van der Waals surface area contributed by atoms with Crippen molar-refractivity contribution in [3.63, 3.8) is 0 Å². The highest BCUT2D eigenvalue weighted by Gasteiger charge is 2.15. The number of hydrogen-bond acceptors (Lipinski definition) is 2. The molecule has 0 fully saturated rings. The van der Waals surface area contributed by atoms with Gasteiger partial charge in [0.25, 0.3) is 0 Å². The zero-order valence-electron chi connectivity index (χ0n) is 11.3. The third kappa shape index (κ3) is 3.07. The predicted octanol–water partition coefficient (Wildman–Crippen LogP) is 4.49. The molecule has 6 heteroatoms. The Morgan fingerprint density at radius 1 is 1.30 bits per heavy atom. The van der Waals surface area contributed by atoms with Gasteiger partial charge in [0, 0.05) is 12.6 Å². The topological polar surface area (TPSA) is 27.1 Å². The number of rotatable bonds is 5. The van der Waals surface area contributed by atoms with Crippen molar-refractivity contribution < 1.29 is 9.13 Å². The molecule has 0 unspecified atom stereocenters. The van der Waals surface area contributed by atoms with E-state index in [1.807, 2.05) is 13.8 Å². The minimum absolute atomic E-state index is 0.0715. The largest absolute Gasteiger partial charge is 0.487 e. The zero-order chi connectivity index (χ0) is 14.7. The lowest BCUT2D eigenvalue weighted by Gasteiger charge is -2.08. The highest BCUT2D eigenvalue weighted by molar-refractivity contribution is 6.32. The van der Waals surface area contributed by atoms with Crippen molar-refractivity contribution in [2.75, 3.05) is 0 Å². The fourth-order valence-corrected chi connectivity index (χ4v) is 2.31. The molecule has 0 spiro atoms. The summed E-state index contributed by atoms with van der Waals surface area (Å²) < 4.78 is 20.7. The molecule has 0 atom stereocenters. The molecule has 1 aromatic carbocycles.